The van der Waals surface area contributed by atoms with E-state index in [4.69, 9.17) is 14.5 Å². The topological polar surface area (TPSA) is 76.5 Å². The first kappa shape index (κ1) is 19.1. The van der Waals surface area contributed by atoms with Crippen molar-refractivity contribution in [3.05, 3.63) is 77.5 Å². The number of para-hydroxylation sites is 1. The van der Waals surface area contributed by atoms with Gasteiger partial charge in [0.1, 0.15) is 13.2 Å². The van der Waals surface area contributed by atoms with Crippen molar-refractivity contribution in [1.29, 1.82) is 0 Å². The molecular weight excluding hydrogens is 402 g/mol. The second-order valence-electron chi connectivity index (χ2n) is 8.29. The van der Waals surface area contributed by atoms with Crippen LogP contribution >= 0.6 is 0 Å². The first-order valence-corrected chi connectivity index (χ1v) is 10.9. The molecule has 0 unspecified atom stereocenters. The van der Waals surface area contributed by atoms with Crippen LogP contribution in [0.4, 0.5) is 5.95 Å². The van der Waals surface area contributed by atoms with Gasteiger partial charge in [0.25, 0.3) is 0 Å². The number of aliphatic hydroxyl groups is 1. The Morgan fingerprint density at radius 2 is 1.84 bits per heavy atom. The summed E-state index contributed by atoms with van der Waals surface area (Å²) in [5.41, 5.74) is 5.98. The SMILES string of the molecule is Cc1nc(N[C@H]2c3ccccc3C[C@H]2O)nc2cc(-c3cccc4c3OCCO4)ccc12. The van der Waals surface area contributed by atoms with Gasteiger partial charge in [-0.3, -0.25) is 0 Å². The normalized spacial score (nSPS) is 19.1. The molecule has 2 N–H and O–H groups in total. The third kappa shape index (κ3) is 3.15. The molecule has 6 nitrogen and oxygen atoms in total. The summed E-state index contributed by atoms with van der Waals surface area (Å²) in [6.07, 6.45) is 0.123. The molecule has 6 heteroatoms. The van der Waals surface area contributed by atoms with E-state index in [-0.39, 0.29) is 6.04 Å². The molecule has 2 heterocycles. The standard InChI is InChI=1S/C26H23N3O3/c1-15-18-10-9-17(20-7-4-8-23-25(20)32-12-11-31-23)13-21(18)28-26(27-15)29-24-19-6-3-2-5-16(19)14-22(24)30/h2-10,13,22,24,30H,11-12,14H2,1H3,(H,27,28,29)/t22-,24+/m1/s1. The molecule has 0 bridgehead atoms. The molecule has 2 atom stereocenters. The maximum atomic E-state index is 10.6. The third-order valence-electron chi connectivity index (χ3n) is 6.25. The van der Waals surface area contributed by atoms with Crippen molar-refractivity contribution in [1.82, 2.24) is 9.97 Å². The molecule has 4 aromatic rings. The lowest BCUT2D eigenvalue weighted by Crippen LogP contribution is -2.22. The molecule has 160 valence electrons. The fraction of sp³-hybridized carbons (Fsp3) is 0.231. The van der Waals surface area contributed by atoms with Crippen molar-refractivity contribution >= 4 is 16.9 Å². The number of rotatable bonds is 3. The summed E-state index contributed by atoms with van der Waals surface area (Å²) in [4.78, 5) is 9.47. The van der Waals surface area contributed by atoms with Gasteiger partial charge in [0, 0.05) is 17.4 Å². The van der Waals surface area contributed by atoms with Crippen LogP contribution in [0.5, 0.6) is 11.5 Å². The number of ether oxygens (including phenoxy) is 2. The van der Waals surface area contributed by atoms with E-state index in [1.165, 1.54) is 0 Å². The van der Waals surface area contributed by atoms with E-state index in [9.17, 15) is 5.11 Å². The summed E-state index contributed by atoms with van der Waals surface area (Å²) < 4.78 is 11.6. The zero-order valence-corrected chi connectivity index (χ0v) is 17.7. The van der Waals surface area contributed by atoms with Gasteiger partial charge in [0.05, 0.1) is 23.4 Å². The zero-order valence-electron chi connectivity index (χ0n) is 17.7. The first-order valence-electron chi connectivity index (χ1n) is 10.9. The van der Waals surface area contributed by atoms with Crippen LogP contribution in [0.3, 0.4) is 0 Å². The summed E-state index contributed by atoms with van der Waals surface area (Å²) in [5.74, 6) is 2.06. The minimum Gasteiger partial charge on any atom is -0.486 e. The molecule has 1 aromatic heterocycles. The molecule has 3 aromatic carbocycles. The first-order chi connectivity index (χ1) is 15.7. The lowest BCUT2D eigenvalue weighted by molar-refractivity contribution is 0.165. The highest BCUT2D eigenvalue weighted by Crippen LogP contribution is 2.40. The van der Waals surface area contributed by atoms with Gasteiger partial charge in [-0.15, -0.1) is 0 Å². The fourth-order valence-electron chi connectivity index (χ4n) is 4.71. The van der Waals surface area contributed by atoms with Gasteiger partial charge < -0.3 is 19.9 Å². The maximum absolute atomic E-state index is 10.6. The molecule has 0 spiro atoms. The molecule has 1 aliphatic carbocycles. The molecule has 6 rings (SSSR count). The van der Waals surface area contributed by atoms with Crippen molar-refractivity contribution in [2.45, 2.75) is 25.5 Å². The summed E-state index contributed by atoms with van der Waals surface area (Å²) in [6.45, 7) is 3.08. The van der Waals surface area contributed by atoms with Gasteiger partial charge in [-0.2, -0.15) is 0 Å². The highest BCUT2D eigenvalue weighted by atomic mass is 16.6. The molecule has 1 aliphatic heterocycles. The Kier molecular flexibility index (Phi) is 4.47. The number of hydrogen-bond donors (Lipinski definition) is 2. The van der Waals surface area contributed by atoms with Crippen LogP contribution in [0.1, 0.15) is 22.9 Å². The Hall–Kier alpha value is -3.64. The second-order valence-corrected chi connectivity index (χ2v) is 8.29. The van der Waals surface area contributed by atoms with Crippen LogP contribution in [-0.4, -0.2) is 34.4 Å². The second kappa shape index (κ2) is 7.50. The number of fused-ring (bicyclic) bond motifs is 3. The quantitative estimate of drug-likeness (QED) is 0.505. The fourth-order valence-corrected chi connectivity index (χ4v) is 4.71. The van der Waals surface area contributed by atoms with E-state index < -0.39 is 6.10 Å². The molecule has 32 heavy (non-hydrogen) atoms. The van der Waals surface area contributed by atoms with E-state index >= 15 is 0 Å². The van der Waals surface area contributed by atoms with E-state index in [1.54, 1.807) is 0 Å². The molecule has 0 amide bonds. The number of anilines is 1. The Morgan fingerprint density at radius 3 is 2.78 bits per heavy atom. The highest BCUT2D eigenvalue weighted by molar-refractivity contribution is 5.88. The Morgan fingerprint density at radius 1 is 0.969 bits per heavy atom. The van der Waals surface area contributed by atoms with Crippen molar-refractivity contribution in [3.8, 4) is 22.6 Å². The van der Waals surface area contributed by atoms with Crippen molar-refractivity contribution < 1.29 is 14.6 Å². The smallest absolute Gasteiger partial charge is 0.224 e. The summed E-state index contributed by atoms with van der Waals surface area (Å²) in [6, 6.07) is 20.0. The average molecular weight is 425 g/mol. The third-order valence-corrected chi connectivity index (χ3v) is 6.25. The minimum absolute atomic E-state index is 0.224. The largest absolute Gasteiger partial charge is 0.486 e. The van der Waals surface area contributed by atoms with Crippen LogP contribution < -0.4 is 14.8 Å². The Bertz CT molecular complexity index is 1340. The molecule has 0 radical (unpaired) electrons. The molecule has 2 aliphatic rings. The van der Waals surface area contributed by atoms with Gasteiger partial charge >= 0.3 is 0 Å². The van der Waals surface area contributed by atoms with E-state index in [0.29, 0.717) is 25.6 Å². The van der Waals surface area contributed by atoms with Crippen LogP contribution in [0.15, 0.2) is 60.7 Å². The van der Waals surface area contributed by atoms with Crippen LogP contribution in [0.25, 0.3) is 22.0 Å². The van der Waals surface area contributed by atoms with Crippen LogP contribution in [0, 0.1) is 6.92 Å². The molecule has 0 saturated carbocycles. The Labute approximate surface area is 185 Å². The molecule has 0 saturated heterocycles. The number of benzene rings is 3. The van der Waals surface area contributed by atoms with Gasteiger partial charge in [-0.25, -0.2) is 9.97 Å². The van der Waals surface area contributed by atoms with Gasteiger partial charge in [0.2, 0.25) is 5.95 Å². The Balaban J connectivity index is 1.40. The lowest BCUT2D eigenvalue weighted by atomic mass is 10.0. The van der Waals surface area contributed by atoms with E-state index in [1.807, 2.05) is 43.3 Å². The van der Waals surface area contributed by atoms with E-state index in [0.717, 1.165) is 50.3 Å². The predicted molar refractivity (Wildman–Crippen MR) is 123 cm³/mol. The minimum atomic E-state index is -0.508. The monoisotopic (exact) mass is 425 g/mol. The molecular formula is C26H23N3O3. The maximum Gasteiger partial charge on any atom is 0.224 e. The number of nitrogens with zero attached hydrogens (tertiary/aromatic N) is 2. The van der Waals surface area contributed by atoms with Gasteiger partial charge in [0.15, 0.2) is 11.5 Å². The molecule has 0 fully saturated rings. The number of aryl methyl sites for hydroxylation is 1. The van der Waals surface area contributed by atoms with Crippen molar-refractivity contribution in [3.63, 3.8) is 0 Å². The van der Waals surface area contributed by atoms with Gasteiger partial charge in [-0.05, 0) is 35.7 Å². The van der Waals surface area contributed by atoms with E-state index in [2.05, 4.69) is 34.6 Å². The average Bonchev–Trinajstić information content (AvgIpc) is 3.13. The summed E-state index contributed by atoms with van der Waals surface area (Å²) in [7, 11) is 0. The lowest BCUT2D eigenvalue weighted by Gasteiger charge is -2.21. The predicted octanol–water partition coefficient (Wildman–Crippen LogP) is 4.45. The van der Waals surface area contributed by atoms with Crippen molar-refractivity contribution in [2.75, 3.05) is 18.5 Å². The zero-order chi connectivity index (χ0) is 21.7. The number of nitrogens with one attached hydrogen (secondary N) is 1. The van der Waals surface area contributed by atoms with Crippen LogP contribution in [0.2, 0.25) is 0 Å². The van der Waals surface area contributed by atoms with Crippen molar-refractivity contribution in [2.24, 2.45) is 0 Å². The summed E-state index contributed by atoms with van der Waals surface area (Å²) >= 11 is 0. The highest BCUT2D eigenvalue weighted by Gasteiger charge is 2.31. The van der Waals surface area contributed by atoms with Crippen LogP contribution in [-0.2, 0) is 6.42 Å². The number of aromatic nitrogens is 2. The number of aliphatic hydroxyl groups excluding tert-OH is 1. The summed E-state index contributed by atoms with van der Waals surface area (Å²) in [5, 5.41) is 15.0. The van der Waals surface area contributed by atoms with Gasteiger partial charge in [-0.1, -0.05) is 48.5 Å². The number of hydrogen-bond acceptors (Lipinski definition) is 6.